The highest BCUT2D eigenvalue weighted by atomic mass is 32.1. The molecule has 0 radical (unpaired) electrons. The molecule has 17 heavy (non-hydrogen) atoms. The van der Waals surface area contributed by atoms with Crippen LogP contribution in [0.2, 0.25) is 0 Å². The predicted octanol–water partition coefficient (Wildman–Crippen LogP) is 3.70. The van der Waals surface area contributed by atoms with Crippen LogP contribution in [-0.2, 0) is 0 Å². The highest BCUT2D eigenvalue weighted by Gasteiger charge is 2.08. The van der Waals surface area contributed by atoms with Gasteiger partial charge in [0.15, 0.2) is 11.6 Å². The van der Waals surface area contributed by atoms with Crippen molar-refractivity contribution >= 4 is 12.2 Å². The average molecular weight is 252 g/mol. The summed E-state index contributed by atoms with van der Waals surface area (Å²) in [6.07, 6.45) is 0. The molecule has 1 N–H and O–H groups in total. The van der Waals surface area contributed by atoms with E-state index in [0.717, 1.165) is 23.5 Å². The molecule has 0 spiro atoms. The van der Waals surface area contributed by atoms with Crippen LogP contribution in [0.1, 0.15) is 11.4 Å². The zero-order valence-electron chi connectivity index (χ0n) is 9.34. The number of halogens is 2. The number of H-pyrrole nitrogens is 1. The Morgan fingerprint density at radius 3 is 2.53 bits per heavy atom. The Morgan fingerprint density at radius 1 is 1.18 bits per heavy atom. The Labute approximate surface area is 102 Å². The van der Waals surface area contributed by atoms with Crippen molar-refractivity contribution in [2.45, 2.75) is 13.8 Å². The molecule has 0 aliphatic carbocycles. The van der Waals surface area contributed by atoms with E-state index in [-0.39, 0.29) is 0 Å². The highest BCUT2D eigenvalue weighted by Crippen LogP contribution is 2.21. The van der Waals surface area contributed by atoms with E-state index in [4.69, 9.17) is 12.2 Å². The van der Waals surface area contributed by atoms with Gasteiger partial charge < -0.3 is 4.98 Å². The van der Waals surface area contributed by atoms with Gasteiger partial charge in [0.25, 0.3) is 0 Å². The number of aromatic nitrogens is 2. The summed E-state index contributed by atoms with van der Waals surface area (Å²) in [5.74, 6) is -1.79. The van der Waals surface area contributed by atoms with Crippen molar-refractivity contribution in [1.82, 2.24) is 9.97 Å². The van der Waals surface area contributed by atoms with Gasteiger partial charge in [0.1, 0.15) is 10.3 Å². The number of nitrogens with zero attached hydrogens (tertiary/aromatic N) is 1. The molecule has 1 aromatic heterocycles. The van der Waals surface area contributed by atoms with Crippen LogP contribution in [0, 0.1) is 30.1 Å². The molecule has 0 aliphatic heterocycles. The first kappa shape index (κ1) is 11.9. The standard InChI is InChI=1S/C12H10F2N2S/c1-6-7(2)16-12(17)11(15-6)8-3-4-9(13)10(14)5-8/h3-5H,1-2H3,(H,16,17). The van der Waals surface area contributed by atoms with Gasteiger partial charge in [0, 0.05) is 11.3 Å². The molecule has 5 heteroatoms. The van der Waals surface area contributed by atoms with Crippen LogP contribution in [-0.4, -0.2) is 9.97 Å². The number of benzene rings is 1. The molecule has 2 aromatic rings. The fourth-order valence-corrected chi connectivity index (χ4v) is 1.78. The third-order valence-electron chi connectivity index (χ3n) is 2.53. The van der Waals surface area contributed by atoms with E-state index < -0.39 is 11.6 Å². The lowest BCUT2D eigenvalue weighted by molar-refractivity contribution is 0.509. The predicted molar refractivity (Wildman–Crippen MR) is 64.2 cm³/mol. The fraction of sp³-hybridized carbons (Fsp3) is 0.167. The van der Waals surface area contributed by atoms with E-state index >= 15 is 0 Å². The Bertz CT molecular complexity index is 635. The lowest BCUT2D eigenvalue weighted by atomic mass is 10.1. The highest BCUT2D eigenvalue weighted by molar-refractivity contribution is 7.71. The summed E-state index contributed by atoms with van der Waals surface area (Å²) in [5, 5.41) is 0. The SMILES string of the molecule is Cc1nc(-c2ccc(F)c(F)c2)c(=S)[nH]c1C. The Balaban J connectivity index is 2.64. The number of hydrogen-bond acceptors (Lipinski definition) is 2. The minimum absolute atomic E-state index is 0.416. The van der Waals surface area contributed by atoms with E-state index in [0.29, 0.717) is 15.9 Å². The summed E-state index contributed by atoms with van der Waals surface area (Å²) in [6.45, 7) is 3.68. The molecule has 0 bridgehead atoms. The first-order chi connectivity index (χ1) is 7.99. The summed E-state index contributed by atoms with van der Waals surface area (Å²) in [7, 11) is 0. The van der Waals surface area contributed by atoms with E-state index in [1.165, 1.54) is 6.07 Å². The summed E-state index contributed by atoms with van der Waals surface area (Å²) in [6, 6.07) is 3.62. The second-order valence-electron chi connectivity index (χ2n) is 3.75. The molecule has 1 heterocycles. The Hall–Kier alpha value is -1.62. The van der Waals surface area contributed by atoms with Gasteiger partial charge in [0.2, 0.25) is 0 Å². The van der Waals surface area contributed by atoms with Gasteiger partial charge in [-0.2, -0.15) is 0 Å². The maximum Gasteiger partial charge on any atom is 0.159 e. The number of hydrogen-bond donors (Lipinski definition) is 1. The topological polar surface area (TPSA) is 28.7 Å². The normalized spacial score (nSPS) is 10.6. The molecule has 0 fully saturated rings. The molecule has 1 aromatic carbocycles. The van der Waals surface area contributed by atoms with Crippen molar-refractivity contribution < 1.29 is 8.78 Å². The summed E-state index contributed by atoms with van der Waals surface area (Å²) in [4.78, 5) is 7.26. The Kier molecular flexibility index (Phi) is 3.02. The second kappa shape index (κ2) is 4.33. The van der Waals surface area contributed by atoms with Crippen molar-refractivity contribution in [3.05, 3.63) is 45.9 Å². The van der Waals surface area contributed by atoms with Crippen LogP contribution in [0.5, 0.6) is 0 Å². The number of nitrogens with one attached hydrogen (secondary N) is 1. The van der Waals surface area contributed by atoms with E-state index in [1.54, 1.807) is 0 Å². The first-order valence-electron chi connectivity index (χ1n) is 5.02. The van der Waals surface area contributed by atoms with Crippen molar-refractivity contribution in [3.63, 3.8) is 0 Å². The largest absolute Gasteiger partial charge is 0.347 e. The average Bonchev–Trinajstić information content (AvgIpc) is 2.27. The molecule has 0 saturated carbocycles. The summed E-state index contributed by atoms with van der Waals surface area (Å²) >= 11 is 5.12. The molecular formula is C12H10F2N2S. The van der Waals surface area contributed by atoms with Gasteiger partial charge in [-0.15, -0.1) is 0 Å². The fourth-order valence-electron chi connectivity index (χ4n) is 1.46. The maximum absolute atomic E-state index is 13.1. The summed E-state index contributed by atoms with van der Waals surface area (Å²) < 4.78 is 26.4. The molecule has 0 aliphatic rings. The quantitative estimate of drug-likeness (QED) is 0.784. The van der Waals surface area contributed by atoms with Gasteiger partial charge in [-0.1, -0.05) is 12.2 Å². The molecule has 0 saturated heterocycles. The smallest absolute Gasteiger partial charge is 0.159 e. The number of aryl methyl sites for hydroxylation is 2. The lowest BCUT2D eigenvalue weighted by Gasteiger charge is -2.06. The molecule has 0 atom stereocenters. The van der Waals surface area contributed by atoms with Crippen LogP contribution in [0.3, 0.4) is 0 Å². The minimum Gasteiger partial charge on any atom is -0.347 e. The van der Waals surface area contributed by atoms with Crippen molar-refractivity contribution in [3.8, 4) is 11.3 Å². The molecule has 2 rings (SSSR count). The van der Waals surface area contributed by atoms with Crippen LogP contribution in [0.15, 0.2) is 18.2 Å². The number of rotatable bonds is 1. The van der Waals surface area contributed by atoms with Gasteiger partial charge in [-0.05, 0) is 32.0 Å². The zero-order valence-corrected chi connectivity index (χ0v) is 10.2. The van der Waals surface area contributed by atoms with Crippen LogP contribution < -0.4 is 0 Å². The maximum atomic E-state index is 13.1. The van der Waals surface area contributed by atoms with Gasteiger partial charge in [-0.25, -0.2) is 13.8 Å². The first-order valence-corrected chi connectivity index (χ1v) is 5.43. The molecule has 0 unspecified atom stereocenters. The molecular weight excluding hydrogens is 242 g/mol. The summed E-state index contributed by atoms with van der Waals surface area (Å²) in [5.41, 5.74) is 2.56. The van der Waals surface area contributed by atoms with Gasteiger partial charge in [0.05, 0.1) is 5.69 Å². The van der Waals surface area contributed by atoms with Crippen LogP contribution in [0.4, 0.5) is 8.78 Å². The third-order valence-corrected chi connectivity index (χ3v) is 2.83. The number of aromatic amines is 1. The van der Waals surface area contributed by atoms with Crippen LogP contribution in [0.25, 0.3) is 11.3 Å². The zero-order chi connectivity index (χ0) is 12.6. The van der Waals surface area contributed by atoms with Crippen LogP contribution >= 0.6 is 12.2 Å². The third kappa shape index (κ3) is 2.24. The monoisotopic (exact) mass is 252 g/mol. The van der Waals surface area contributed by atoms with Gasteiger partial charge >= 0.3 is 0 Å². The van der Waals surface area contributed by atoms with E-state index in [2.05, 4.69) is 9.97 Å². The Morgan fingerprint density at radius 2 is 1.88 bits per heavy atom. The van der Waals surface area contributed by atoms with Crippen molar-refractivity contribution in [1.29, 1.82) is 0 Å². The molecule has 88 valence electrons. The van der Waals surface area contributed by atoms with E-state index in [9.17, 15) is 8.78 Å². The van der Waals surface area contributed by atoms with Crippen molar-refractivity contribution in [2.75, 3.05) is 0 Å². The minimum atomic E-state index is -0.906. The van der Waals surface area contributed by atoms with Gasteiger partial charge in [-0.3, -0.25) is 0 Å². The lowest BCUT2D eigenvalue weighted by Crippen LogP contribution is -1.97. The van der Waals surface area contributed by atoms with E-state index in [1.807, 2.05) is 13.8 Å². The van der Waals surface area contributed by atoms with Crippen molar-refractivity contribution in [2.24, 2.45) is 0 Å². The second-order valence-corrected chi connectivity index (χ2v) is 4.16. The molecule has 2 nitrogen and oxygen atoms in total. The molecule has 0 amide bonds.